The lowest BCUT2D eigenvalue weighted by molar-refractivity contribution is -0.311. The van der Waals surface area contributed by atoms with E-state index in [9.17, 15) is 0 Å². The highest BCUT2D eigenvalue weighted by molar-refractivity contribution is 7.44. The summed E-state index contributed by atoms with van der Waals surface area (Å²) >= 11 is 0. The van der Waals surface area contributed by atoms with Crippen LogP contribution in [0.25, 0.3) is 0 Å². The molecule has 0 amide bonds. The third-order valence-corrected chi connectivity index (χ3v) is 10.7. The summed E-state index contributed by atoms with van der Waals surface area (Å²) in [5, 5.41) is 0. The smallest absolute Gasteiger partial charge is 0.261 e. The van der Waals surface area contributed by atoms with Gasteiger partial charge in [-0.1, -0.05) is 121 Å². The predicted octanol–water partition coefficient (Wildman–Crippen LogP) is 9.08. The Labute approximate surface area is 305 Å². The van der Waals surface area contributed by atoms with E-state index in [4.69, 9.17) is 32.7 Å². The quantitative estimate of drug-likeness (QED) is 0.0840. The summed E-state index contributed by atoms with van der Waals surface area (Å²) in [6.07, 6.45) is -3.16. The van der Waals surface area contributed by atoms with Crippen molar-refractivity contribution >= 4 is 8.53 Å². The molecule has 0 N–H and O–H groups in total. The van der Waals surface area contributed by atoms with Crippen molar-refractivity contribution in [3.63, 3.8) is 0 Å². The van der Waals surface area contributed by atoms with E-state index in [1.165, 1.54) is 0 Å². The lowest BCUT2D eigenvalue weighted by Gasteiger charge is -2.47. The van der Waals surface area contributed by atoms with Crippen molar-refractivity contribution in [2.45, 2.75) is 104 Å². The number of nitrogens with zero attached hydrogens (tertiary/aromatic N) is 1. The zero-order valence-corrected chi connectivity index (χ0v) is 31.5. The Kier molecular flexibility index (Phi) is 16.1. The minimum absolute atomic E-state index is 0.173. The van der Waals surface area contributed by atoms with Gasteiger partial charge in [-0.3, -0.25) is 4.52 Å². The lowest BCUT2D eigenvalue weighted by atomic mass is 9.98. The number of rotatable bonds is 20. The fourth-order valence-corrected chi connectivity index (χ4v) is 7.78. The van der Waals surface area contributed by atoms with Gasteiger partial charge >= 0.3 is 0 Å². The minimum atomic E-state index is -1.52. The molecule has 51 heavy (non-hydrogen) atoms. The van der Waals surface area contributed by atoms with Crippen LogP contribution in [0, 0.1) is 0 Å². The molecule has 1 fully saturated rings. The van der Waals surface area contributed by atoms with Gasteiger partial charge in [-0.2, -0.15) is 0 Å². The molecule has 1 aliphatic heterocycles. The van der Waals surface area contributed by atoms with Crippen LogP contribution in [0.15, 0.2) is 121 Å². The average Bonchev–Trinajstić information content (AvgIpc) is 3.14. The van der Waals surface area contributed by atoms with E-state index in [2.05, 4.69) is 80.9 Å². The molecule has 0 radical (unpaired) electrons. The zero-order chi connectivity index (χ0) is 35.8. The monoisotopic (exact) mass is 715 g/mol. The van der Waals surface area contributed by atoms with Gasteiger partial charge in [0.2, 0.25) is 0 Å². The second-order valence-electron chi connectivity index (χ2n) is 13.2. The van der Waals surface area contributed by atoms with E-state index in [0.29, 0.717) is 33.0 Å². The van der Waals surface area contributed by atoms with Gasteiger partial charge in [0.25, 0.3) is 8.53 Å². The summed E-state index contributed by atoms with van der Waals surface area (Å²) in [5.41, 5.74) is 4.21. The summed E-state index contributed by atoms with van der Waals surface area (Å²) in [5.74, 6) is 0. The molecular weight excluding hydrogens is 661 g/mol. The van der Waals surface area contributed by atoms with E-state index >= 15 is 0 Å². The number of ether oxygens (including phenoxy) is 5. The first-order chi connectivity index (χ1) is 24.9. The molecule has 8 nitrogen and oxygen atoms in total. The van der Waals surface area contributed by atoms with E-state index in [1.54, 1.807) is 0 Å². The van der Waals surface area contributed by atoms with Gasteiger partial charge < -0.3 is 28.2 Å². The van der Waals surface area contributed by atoms with Crippen molar-refractivity contribution in [3.05, 3.63) is 144 Å². The van der Waals surface area contributed by atoms with Gasteiger partial charge in [0.05, 0.1) is 39.6 Å². The van der Waals surface area contributed by atoms with Gasteiger partial charge in [0.15, 0.2) is 6.29 Å². The first kappa shape index (κ1) is 39.2. The van der Waals surface area contributed by atoms with Crippen LogP contribution in [0.5, 0.6) is 0 Å². The van der Waals surface area contributed by atoms with Crippen LogP contribution in [-0.4, -0.2) is 60.7 Å². The highest BCUT2D eigenvalue weighted by atomic mass is 31.2. The van der Waals surface area contributed by atoms with Crippen LogP contribution < -0.4 is 0 Å². The summed E-state index contributed by atoms with van der Waals surface area (Å²) in [4.78, 5) is 0. The fourth-order valence-electron chi connectivity index (χ4n) is 6.16. The Balaban J connectivity index is 1.51. The number of benzene rings is 4. The molecule has 0 saturated carbocycles. The zero-order valence-electron chi connectivity index (χ0n) is 30.6. The highest BCUT2D eigenvalue weighted by Crippen LogP contribution is 2.49. The fraction of sp³-hybridized carbons (Fsp3) is 0.429. The summed E-state index contributed by atoms with van der Waals surface area (Å²) in [6.45, 7) is 12.9. The second kappa shape index (κ2) is 20.9. The van der Waals surface area contributed by atoms with E-state index < -0.39 is 39.2 Å². The standard InChI is InChI=1S/C42H54NO7P/c1-6-48-51(43(32(2)3)33(4)5)50-42-41(47-30-37-25-17-10-18-26-37)40(46-29-36-23-15-9-16-24-36)39(45-28-35-21-13-8-14-22-35)38(49-42)31-44-27-34-19-11-7-12-20-34/h7-26,32-33,38-42H,6,27-31H2,1-5H3/t38-,39-,40+,41-,42?,51?/m1/s1. The van der Waals surface area contributed by atoms with E-state index in [-0.39, 0.29) is 18.7 Å². The van der Waals surface area contributed by atoms with Crippen molar-refractivity contribution in [1.29, 1.82) is 0 Å². The molecule has 1 saturated heterocycles. The first-order valence-corrected chi connectivity index (χ1v) is 19.2. The molecule has 0 aromatic heterocycles. The summed E-state index contributed by atoms with van der Waals surface area (Å²) in [7, 11) is -1.52. The molecule has 1 aliphatic rings. The summed E-state index contributed by atoms with van der Waals surface area (Å²) < 4.78 is 49.3. The Hall–Kier alpha value is -3.01. The van der Waals surface area contributed by atoms with Gasteiger partial charge in [0.1, 0.15) is 24.4 Å². The Bertz CT molecular complexity index is 1490. The molecular formula is C42H54NO7P. The SMILES string of the molecule is CCOP(OC1O[C@H](COCc2ccccc2)[C@@H](OCc2ccccc2)[C@H](OCc2ccccc2)[C@H]1OCc1ccccc1)N(C(C)C)C(C)C. The second-order valence-corrected chi connectivity index (χ2v) is 14.6. The topological polar surface area (TPSA) is 67.9 Å². The normalized spacial score (nSPS) is 21.4. The van der Waals surface area contributed by atoms with Crippen LogP contribution in [0.2, 0.25) is 0 Å². The van der Waals surface area contributed by atoms with Crippen molar-refractivity contribution in [1.82, 2.24) is 4.67 Å². The maximum absolute atomic E-state index is 6.94. The Morgan fingerprint density at radius 3 is 1.41 bits per heavy atom. The van der Waals surface area contributed by atoms with Crippen LogP contribution in [0.1, 0.15) is 56.9 Å². The average molecular weight is 716 g/mol. The van der Waals surface area contributed by atoms with Crippen LogP contribution in [0.4, 0.5) is 0 Å². The van der Waals surface area contributed by atoms with Crippen LogP contribution in [0.3, 0.4) is 0 Å². The molecule has 0 aliphatic carbocycles. The van der Waals surface area contributed by atoms with Crippen LogP contribution >= 0.6 is 8.53 Å². The minimum Gasteiger partial charge on any atom is -0.374 e. The largest absolute Gasteiger partial charge is 0.374 e. The molecule has 4 aromatic carbocycles. The van der Waals surface area contributed by atoms with Crippen molar-refractivity contribution < 1.29 is 32.7 Å². The molecule has 0 bridgehead atoms. The molecule has 1 heterocycles. The maximum atomic E-state index is 6.94. The third kappa shape index (κ3) is 12.0. The first-order valence-electron chi connectivity index (χ1n) is 18.0. The number of hydrogen-bond donors (Lipinski definition) is 0. The summed E-state index contributed by atoms with van der Waals surface area (Å²) in [6, 6.07) is 40.9. The molecule has 274 valence electrons. The maximum Gasteiger partial charge on any atom is 0.261 e. The van der Waals surface area contributed by atoms with Gasteiger partial charge in [-0.15, -0.1) is 0 Å². The number of hydrogen-bond acceptors (Lipinski definition) is 8. The Morgan fingerprint density at radius 1 is 0.569 bits per heavy atom. The van der Waals surface area contributed by atoms with Crippen molar-refractivity contribution in [2.75, 3.05) is 13.2 Å². The van der Waals surface area contributed by atoms with E-state index in [1.807, 2.05) is 79.7 Å². The van der Waals surface area contributed by atoms with Crippen molar-refractivity contribution in [3.8, 4) is 0 Å². The highest BCUT2D eigenvalue weighted by Gasteiger charge is 2.50. The molecule has 6 atom stereocenters. The van der Waals surface area contributed by atoms with Gasteiger partial charge in [0, 0.05) is 12.1 Å². The van der Waals surface area contributed by atoms with Crippen molar-refractivity contribution in [2.24, 2.45) is 0 Å². The molecule has 4 aromatic rings. The Morgan fingerprint density at radius 2 is 0.980 bits per heavy atom. The van der Waals surface area contributed by atoms with E-state index in [0.717, 1.165) is 22.3 Å². The lowest BCUT2D eigenvalue weighted by Crippen LogP contribution is -2.61. The van der Waals surface area contributed by atoms with Gasteiger partial charge in [-0.25, -0.2) is 4.67 Å². The van der Waals surface area contributed by atoms with Gasteiger partial charge in [-0.05, 0) is 56.9 Å². The molecule has 5 rings (SSSR count). The molecule has 2 unspecified atom stereocenters. The molecule has 0 spiro atoms. The van der Waals surface area contributed by atoms with Crippen LogP contribution in [-0.2, 0) is 59.2 Å². The predicted molar refractivity (Wildman–Crippen MR) is 202 cm³/mol. The molecule has 9 heteroatoms. The third-order valence-electron chi connectivity index (χ3n) is 8.52.